The number of H-pyrrole nitrogens is 2. The summed E-state index contributed by atoms with van der Waals surface area (Å²) in [7, 11) is 1.75. The molecule has 2 N–H and O–H groups in total. The first-order chi connectivity index (χ1) is 15.5. The molecule has 2 aromatic heterocycles. The highest BCUT2D eigenvalue weighted by Gasteiger charge is 2.21. The molecule has 1 atom stereocenters. The number of methoxy groups -OCH3 is 1. The van der Waals surface area contributed by atoms with Crippen molar-refractivity contribution in [3.05, 3.63) is 112 Å². The Morgan fingerprint density at radius 2 is 1.69 bits per heavy atom. The molecule has 2 aromatic carbocycles. The van der Waals surface area contributed by atoms with E-state index < -0.39 is 0 Å². The molecule has 2 heterocycles. The number of hydrogen-bond donors (Lipinski definition) is 2. The molecule has 5 nitrogen and oxygen atoms in total. The minimum atomic E-state index is -0.197. The average molecular weight is 427 g/mol. The molecule has 5 heteroatoms. The van der Waals surface area contributed by atoms with E-state index in [9.17, 15) is 0 Å². The first-order valence-corrected chi connectivity index (χ1v) is 10.9. The van der Waals surface area contributed by atoms with Crippen molar-refractivity contribution in [2.24, 2.45) is 0 Å². The fraction of sp³-hybridized carbons (Fsp3) is 0.259. The second-order valence-corrected chi connectivity index (χ2v) is 8.24. The van der Waals surface area contributed by atoms with E-state index in [4.69, 9.17) is 4.74 Å². The van der Waals surface area contributed by atoms with Crippen molar-refractivity contribution in [1.29, 1.82) is 0 Å². The van der Waals surface area contributed by atoms with Crippen LogP contribution in [0.15, 0.2) is 61.5 Å². The zero-order valence-corrected chi connectivity index (χ0v) is 19.4. The summed E-state index contributed by atoms with van der Waals surface area (Å²) in [6.07, 6.45) is 10.0. The Kier molecular flexibility index (Phi) is 6.37. The lowest BCUT2D eigenvalue weighted by Crippen LogP contribution is -2.10. The normalized spacial score (nSPS) is 12.8. The minimum Gasteiger partial charge on any atom is -0.370 e. The van der Waals surface area contributed by atoms with E-state index in [1.54, 1.807) is 19.8 Å². The van der Waals surface area contributed by atoms with Crippen molar-refractivity contribution >= 4 is 5.57 Å². The lowest BCUT2D eigenvalue weighted by Gasteiger charge is -2.22. The zero-order chi connectivity index (χ0) is 22.7. The molecule has 1 unspecified atom stereocenters. The highest BCUT2D eigenvalue weighted by Crippen LogP contribution is 2.33. The number of aryl methyl sites for hydroxylation is 2. The van der Waals surface area contributed by atoms with E-state index in [-0.39, 0.29) is 6.10 Å². The highest BCUT2D eigenvalue weighted by molar-refractivity contribution is 5.80. The monoisotopic (exact) mass is 426 g/mol. The molecule has 0 aliphatic carbocycles. The molecule has 0 aliphatic heterocycles. The molecule has 4 aromatic rings. The highest BCUT2D eigenvalue weighted by atomic mass is 16.5. The van der Waals surface area contributed by atoms with E-state index in [0.29, 0.717) is 0 Å². The van der Waals surface area contributed by atoms with Gasteiger partial charge in [0.1, 0.15) is 6.10 Å². The molecule has 0 amide bonds. The van der Waals surface area contributed by atoms with Crippen LogP contribution in [0.5, 0.6) is 0 Å². The number of benzene rings is 2. The van der Waals surface area contributed by atoms with Crippen molar-refractivity contribution < 1.29 is 4.74 Å². The third-order valence-corrected chi connectivity index (χ3v) is 6.39. The van der Waals surface area contributed by atoms with Crippen LogP contribution in [0.3, 0.4) is 0 Å². The fourth-order valence-corrected chi connectivity index (χ4v) is 4.27. The number of allylic oxidation sites excluding steroid dienone is 1. The quantitative estimate of drug-likeness (QED) is 0.394. The van der Waals surface area contributed by atoms with Crippen molar-refractivity contribution in [2.75, 3.05) is 7.11 Å². The number of aromatic nitrogens is 4. The van der Waals surface area contributed by atoms with Crippen LogP contribution in [0.25, 0.3) is 5.57 Å². The third-order valence-electron chi connectivity index (χ3n) is 6.39. The molecule has 0 saturated carbocycles. The van der Waals surface area contributed by atoms with Gasteiger partial charge in [-0.25, -0.2) is 9.97 Å². The standard InChI is InChI=1S/C27H30N4O/c1-17-7-6-8-22(19(17)3)23(24-13-28-15-30-24)12-11-21-10-9-18(2)20(4)26(21)27(32-5)25-14-29-16-31-25/h6-10,12-16,27H,11H2,1-5H3,(H,28,30)(H,29,31)/b23-12+. The first-order valence-electron chi connectivity index (χ1n) is 10.9. The number of imidazole rings is 2. The Hall–Kier alpha value is -3.44. The van der Waals surface area contributed by atoms with Gasteiger partial charge in [0.05, 0.1) is 36.4 Å². The summed E-state index contributed by atoms with van der Waals surface area (Å²) in [5.74, 6) is 0. The number of rotatable bonds is 7. The Labute approximate surface area is 189 Å². The van der Waals surface area contributed by atoms with Crippen LogP contribution < -0.4 is 0 Å². The molecular weight excluding hydrogens is 396 g/mol. The molecule has 0 radical (unpaired) electrons. The fourth-order valence-electron chi connectivity index (χ4n) is 4.27. The van der Waals surface area contributed by atoms with Gasteiger partial charge in [-0.3, -0.25) is 0 Å². The topological polar surface area (TPSA) is 66.6 Å². The van der Waals surface area contributed by atoms with Crippen LogP contribution >= 0.6 is 0 Å². The second kappa shape index (κ2) is 9.37. The van der Waals surface area contributed by atoms with E-state index in [2.05, 4.69) is 84.0 Å². The lowest BCUT2D eigenvalue weighted by atomic mass is 9.89. The van der Waals surface area contributed by atoms with Gasteiger partial charge in [-0.05, 0) is 73.1 Å². The van der Waals surface area contributed by atoms with E-state index in [0.717, 1.165) is 23.4 Å². The molecular formula is C27H30N4O. The van der Waals surface area contributed by atoms with Crippen LogP contribution in [0.4, 0.5) is 0 Å². The minimum absolute atomic E-state index is 0.197. The molecule has 0 saturated heterocycles. The maximum Gasteiger partial charge on any atom is 0.124 e. The Morgan fingerprint density at radius 1 is 0.938 bits per heavy atom. The van der Waals surface area contributed by atoms with Crippen molar-refractivity contribution in [2.45, 2.75) is 40.2 Å². The van der Waals surface area contributed by atoms with Crippen LogP contribution in [-0.2, 0) is 11.2 Å². The predicted molar refractivity (Wildman–Crippen MR) is 129 cm³/mol. The SMILES string of the molecule is COC(c1cnc[nH]1)c1c(C/C=C(/c2cnc[nH]2)c2cccc(C)c2C)ccc(C)c1C. The Balaban J connectivity index is 1.82. The van der Waals surface area contributed by atoms with Gasteiger partial charge in [-0.15, -0.1) is 0 Å². The van der Waals surface area contributed by atoms with Crippen molar-refractivity contribution in [3.63, 3.8) is 0 Å². The van der Waals surface area contributed by atoms with Gasteiger partial charge in [0.25, 0.3) is 0 Å². The summed E-state index contributed by atoms with van der Waals surface area (Å²) in [4.78, 5) is 15.0. The maximum atomic E-state index is 5.95. The van der Waals surface area contributed by atoms with Crippen LogP contribution in [0.1, 0.15) is 56.4 Å². The largest absolute Gasteiger partial charge is 0.370 e. The van der Waals surface area contributed by atoms with Gasteiger partial charge in [0, 0.05) is 12.7 Å². The van der Waals surface area contributed by atoms with Crippen molar-refractivity contribution in [3.8, 4) is 0 Å². The summed E-state index contributed by atoms with van der Waals surface area (Å²) in [6.45, 7) is 8.64. The van der Waals surface area contributed by atoms with Crippen LogP contribution in [0.2, 0.25) is 0 Å². The average Bonchev–Trinajstić information content (AvgIpc) is 3.50. The van der Waals surface area contributed by atoms with Gasteiger partial charge in [0.2, 0.25) is 0 Å². The summed E-state index contributed by atoms with van der Waals surface area (Å²) in [5.41, 5.74) is 11.8. The summed E-state index contributed by atoms with van der Waals surface area (Å²) < 4.78 is 5.95. The van der Waals surface area contributed by atoms with E-state index in [1.165, 1.54) is 38.9 Å². The van der Waals surface area contributed by atoms with Crippen LogP contribution in [0, 0.1) is 27.7 Å². The Bertz CT molecular complexity index is 1220. The molecule has 32 heavy (non-hydrogen) atoms. The molecule has 0 bridgehead atoms. The predicted octanol–water partition coefficient (Wildman–Crippen LogP) is 5.78. The first kappa shape index (κ1) is 21.8. The van der Waals surface area contributed by atoms with Gasteiger partial charge in [0.15, 0.2) is 0 Å². The second-order valence-electron chi connectivity index (χ2n) is 8.24. The molecule has 0 fully saturated rings. The van der Waals surface area contributed by atoms with Gasteiger partial charge in [-0.1, -0.05) is 36.4 Å². The zero-order valence-electron chi connectivity index (χ0n) is 19.4. The Morgan fingerprint density at radius 3 is 2.38 bits per heavy atom. The molecule has 0 aliphatic rings. The molecule has 0 spiro atoms. The van der Waals surface area contributed by atoms with Gasteiger partial charge < -0.3 is 14.7 Å². The van der Waals surface area contributed by atoms with E-state index in [1.807, 2.05) is 12.4 Å². The molecule has 164 valence electrons. The number of hydrogen-bond acceptors (Lipinski definition) is 3. The van der Waals surface area contributed by atoms with Crippen LogP contribution in [-0.4, -0.2) is 27.0 Å². The smallest absolute Gasteiger partial charge is 0.124 e. The number of aromatic amines is 2. The van der Waals surface area contributed by atoms with Gasteiger partial charge in [-0.2, -0.15) is 0 Å². The molecule has 4 rings (SSSR count). The number of nitrogens with one attached hydrogen (secondary N) is 2. The third kappa shape index (κ3) is 4.16. The maximum absolute atomic E-state index is 5.95. The van der Waals surface area contributed by atoms with E-state index >= 15 is 0 Å². The number of nitrogens with zero attached hydrogens (tertiary/aromatic N) is 2. The summed E-state index contributed by atoms with van der Waals surface area (Å²) in [6, 6.07) is 10.8. The van der Waals surface area contributed by atoms with Gasteiger partial charge >= 0.3 is 0 Å². The summed E-state index contributed by atoms with van der Waals surface area (Å²) >= 11 is 0. The summed E-state index contributed by atoms with van der Waals surface area (Å²) in [5, 5.41) is 0. The van der Waals surface area contributed by atoms with Crippen molar-refractivity contribution in [1.82, 2.24) is 19.9 Å². The lowest BCUT2D eigenvalue weighted by molar-refractivity contribution is 0.132. The number of ether oxygens (including phenoxy) is 1.